The van der Waals surface area contributed by atoms with Gasteiger partial charge in [-0.25, -0.2) is 9.79 Å². The van der Waals surface area contributed by atoms with Gasteiger partial charge >= 0.3 is 5.97 Å². The first-order valence-corrected chi connectivity index (χ1v) is 9.13. The average Bonchev–Trinajstić information content (AvgIpc) is 2.97. The minimum Gasteiger partial charge on any atom is -0.462 e. The highest BCUT2D eigenvalue weighted by Crippen LogP contribution is 2.38. The van der Waals surface area contributed by atoms with Gasteiger partial charge in [0, 0.05) is 22.8 Å². The lowest BCUT2D eigenvalue weighted by Crippen LogP contribution is -2.21. The number of benzene rings is 1. The molecule has 0 unspecified atom stereocenters. The summed E-state index contributed by atoms with van der Waals surface area (Å²) in [6, 6.07) is 5.10. The first kappa shape index (κ1) is 16.5. The molecule has 0 aliphatic carbocycles. The van der Waals surface area contributed by atoms with Gasteiger partial charge in [0.1, 0.15) is 0 Å². The Bertz CT molecular complexity index is 826. The van der Waals surface area contributed by atoms with Crippen molar-refractivity contribution < 1.29 is 9.53 Å². The third-order valence-corrected chi connectivity index (χ3v) is 5.60. The van der Waals surface area contributed by atoms with Crippen LogP contribution in [0.2, 0.25) is 5.02 Å². The van der Waals surface area contributed by atoms with E-state index in [2.05, 4.69) is 27.8 Å². The van der Waals surface area contributed by atoms with E-state index in [1.807, 2.05) is 0 Å². The van der Waals surface area contributed by atoms with E-state index in [1.165, 1.54) is 11.5 Å². The molecule has 0 bridgehead atoms. The number of ether oxygens (including phenoxy) is 1. The van der Waals surface area contributed by atoms with E-state index >= 15 is 0 Å². The molecule has 2 aromatic rings. The van der Waals surface area contributed by atoms with Crippen LogP contribution in [-0.4, -0.2) is 26.3 Å². The van der Waals surface area contributed by atoms with E-state index in [9.17, 15) is 4.79 Å². The Labute approximate surface area is 147 Å². The Kier molecular flexibility index (Phi) is 4.53. The zero-order valence-electron chi connectivity index (χ0n) is 13.0. The van der Waals surface area contributed by atoms with Crippen LogP contribution in [0.1, 0.15) is 31.1 Å². The van der Waals surface area contributed by atoms with E-state index in [4.69, 9.17) is 16.3 Å². The molecule has 1 aromatic carbocycles. The quantitative estimate of drug-likeness (QED) is 0.770. The molecule has 0 fully saturated rings. The molecule has 0 amide bonds. The monoisotopic (exact) mass is 369 g/mol. The van der Waals surface area contributed by atoms with Crippen LogP contribution in [0.3, 0.4) is 0 Å². The first-order valence-electron chi connectivity index (χ1n) is 7.16. The maximum atomic E-state index is 11.9. The number of fused-ring (bicyclic) bond motifs is 1. The number of hydrogen-bond donors (Lipinski definition) is 0. The zero-order chi connectivity index (χ0) is 16.6. The molecule has 8 heteroatoms. The molecule has 2 heterocycles. The molecule has 122 valence electrons. The summed E-state index contributed by atoms with van der Waals surface area (Å²) in [6.45, 7) is 7.29. The van der Waals surface area contributed by atoms with Gasteiger partial charge in [0.15, 0.2) is 5.16 Å². The Morgan fingerprint density at radius 1 is 1.52 bits per heavy atom. The van der Waals surface area contributed by atoms with Gasteiger partial charge in [0.2, 0.25) is 4.80 Å². The van der Waals surface area contributed by atoms with Crippen LogP contribution in [0.4, 0.5) is 5.69 Å². The summed E-state index contributed by atoms with van der Waals surface area (Å²) in [6.07, 6.45) is 0. The molecule has 1 aliphatic rings. The molecule has 3 rings (SSSR count). The number of aromatic nitrogens is 2. The van der Waals surface area contributed by atoms with Crippen molar-refractivity contribution in [2.24, 2.45) is 4.99 Å². The molecule has 0 saturated heterocycles. The molecule has 5 nitrogen and oxygen atoms in total. The van der Waals surface area contributed by atoms with Crippen LogP contribution in [-0.2, 0) is 11.3 Å². The highest BCUT2D eigenvalue weighted by atomic mass is 35.5. The van der Waals surface area contributed by atoms with Gasteiger partial charge in [0.05, 0.1) is 22.9 Å². The Hall–Kier alpha value is -1.31. The van der Waals surface area contributed by atoms with Gasteiger partial charge < -0.3 is 4.74 Å². The highest BCUT2D eigenvalue weighted by molar-refractivity contribution is 8.00. The van der Waals surface area contributed by atoms with Gasteiger partial charge in [-0.2, -0.15) is 4.37 Å². The Morgan fingerprint density at radius 3 is 3.04 bits per heavy atom. The molecular weight excluding hydrogens is 354 g/mol. The molecule has 23 heavy (non-hydrogen) atoms. The fourth-order valence-corrected chi connectivity index (χ4v) is 4.39. The maximum Gasteiger partial charge on any atom is 0.339 e. The van der Waals surface area contributed by atoms with E-state index in [0.29, 0.717) is 22.9 Å². The minimum absolute atomic E-state index is 0.122. The van der Waals surface area contributed by atoms with Crippen LogP contribution in [0.25, 0.3) is 0 Å². The largest absolute Gasteiger partial charge is 0.462 e. The molecule has 0 N–H and O–H groups in total. The summed E-state index contributed by atoms with van der Waals surface area (Å²) in [4.78, 5) is 17.4. The summed E-state index contributed by atoms with van der Waals surface area (Å²) in [5.41, 5.74) is 0.988. The van der Waals surface area contributed by atoms with Crippen molar-refractivity contribution >= 4 is 46.6 Å². The number of hydrogen-bond acceptors (Lipinski definition) is 6. The van der Waals surface area contributed by atoms with Gasteiger partial charge in [-0.1, -0.05) is 23.4 Å². The van der Waals surface area contributed by atoms with Crippen LogP contribution < -0.4 is 4.80 Å². The van der Waals surface area contributed by atoms with Crippen LogP contribution >= 0.6 is 34.9 Å². The molecule has 1 aromatic heterocycles. The van der Waals surface area contributed by atoms with E-state index in [-0.39, 0.29) is 4.75 Å². The van der Waals surface area contributed by atoms with Crippen LogP contribution in [0.5, 0.6) is 0 Å². The van der Waals surface area contributed by atoms with Gasteiger partial charge in [-0.15, -0.1) is 0 Å². The number of carbonyl (C=O) groups is 1. The highest BCUT2D eigenvalue weighted by Gasteiger charge is 2.31. The summed E-state index contributed by atoms with van der Waals surface area (Å²) in [5.74, 6) is -0.437. The lowest BCUT2D eigenvalue weighted by molar-refractivity contribution is 0.0526. The topological polar surface area (TPSA) is 56.5 Å². The van der Waals surface area contributed by atoms with Crippen molar-refractivity contribution in [1.82, 2.24) is 8.94 Å². The van der Waals surface area contributed by atoms with Crippen molar-refractivity contribution in [3.8, 4) is 0 Å². The number of rotatable bonds is 3. The zero-order valence-corrected chi connectivity index (χ0v) is 15.4. The standard InChI is InChI=1S/C15H16ClN3O2S2/c1-4-21-12(20)10-7-9(5-6-11(10)16)17-13-19-8-15(2,3)22-14(19)18-23-13/h5-7H,4,8H2,1-3H3. The van der Waals surface area contributed by atoms with E-state index in [1.54, 1.807) is 36.9 Å². The third-order valence-electron chi connectivity index (χ3n) is 3.24. The summed E-state index contributed by atoms with van der Waals surface area (Å²) < 4.78 is 11.7. The van der Waals surface area contributed by atoms with Gasteiger partial charge in [0.25, 0.3) is 0 Å². The Morgan fingerprint density at radius 2 is 2.30 bits per heavy atom. The minimum atomic E-state index is -0.437. The fraction of sp³-hybridized carbons (Fsp3) is 0.400. The summed E-state index contributed by atoms with van der Waals surface area (Å²) in [5, 5.41) is 1.35. The maximum absolute atomic E-state index is 11.9. The predicted molar refractivity (Wildman–Crippen MR) is 92.7 cm³/mol. The molecule has 0 saturated carbocycles. The number of halogens is 1. The van der Waals surface area contributed by atoms with Crippen molar-refractivity contribution in [2.75, 3.05) is 6.61 Å². The number of nitrogens with zero attached hydrogens (tertiary/aromatic N) is 3. The van der Waals surface area contributed by atoms with Crippen molar-refractivity contribution in [1.29, 1.82) is 0 Å². The van der Waals surface area contributed by atoms with Gasteiger partial charge in [-0.3, -0.25) is 4.57 Å². The van der Waals surface area contributed by atoms with Crippen molar-refractivity contribution in [2.45, 2.75) is 37.2 Å². The molecule has 0 radical (unpaired) electrons. The first-order chi connectivity index (χ1) is 10.9. The summed E-state index contributed by atoms with van der Waals surface area (Å²) >= 11 is 9.18. The average molecular weight is 370 g/mol. The van der Waals surface area contributed by atoms with Gasteiger partial charge in [-0.05, 0) is 39.0 Å². The van der Waals surface area contributed by atoms with E-state index in [0.717, 1.165) is 16.5 Å². The Balaban J connectivity index is 1.99. The molecular formula is C15H16ClN3O2S2. The van der Waals surface area contributed by atoms with Crippen molar-refractivity contribution in [3.63, 3.8) is 0 Å². The number of esters is 1. The molecule has 0 atom stereocenters. The summed E-state index contributed by atoms with van der Waals surface area (Å²) in [7, 11) is 0. The molecule has 1 aliphatic heterocycles. The lowest BCUT2D eigenvalue weighted by Gasteiger charge is -2.12. The predicted octanol–water partition coefficient (Wildman–Crippen LogP) is 3.89. The van der Waals surface area contributed by atoms with Crippen LogP contribution in [0.15, 0.2) is 28.3 Å². The second-order valence-electron chi connectivity index (χ2n) is 5.69. The third kappa shape index (κ3) is 3.46. The smallest absolute Gasteiger partial charge is 0.339 e. The SMILES string of the molecule is CCOC(=O)c1cc(N=c2snc3n2CC(C)(C)S3)ccc1Cl. The number of thioether (sulfide) groups is 1. The second-order valence-corrected chi connectivity index (χ2v) is 8.50. The lowest BCUT2D eigenvalue weighted by atomic mass is 10.2. The van der Waals surface area contributed by atoms with Crippen molar-refractivity contribution in [3.05, 3.63) is 33.6 Å². The van der Waals surface area contributed by atoms with Crippen LogP contribution in [0, 0.1) is 0 Å². The normalized spacial score (nSPS) is 16.4. The van der Waals surface area contributed by atoms with E-state index < -0.39 is 5.97 Å². The fourth-order valence-electron chi connectivity index (χ4n) is 2.27. The second kappa shape index (κ2) is 6.30. The number of carbonyl (C=O) groups excluding carboxylic acids is 1. The molecule has 0 spiro atoms.